The number of amides is 1. The van der Waals surface area contributed by atoms with Crippen LogP contribution in [0.1, 0.15) is 9.67 Å². The molecule has 3 rings (SSSR count). The molecule has 0 bridgehead atoms. The summed E-state index contributed by atoms with van der Waals surface area (Å²) in [5.74, 6) is 0.618. The number of rotatable bonds is 6. The molecule has 0 unspecified atom stereocenters. The van der Waals surface area contributed by atoms with Gasteiger partial charge in [0, 0.05) is 11.6 Å². The fourth-order valence-electron chi connectivity index (χ4n) is 2.07. The number of nitrogens with zero attached hydrogens (tertiary/aromatic N) is 3. The molecule has 0 saturated carbocycles. The van der Waals surface area contributed by atoms with E-state index in [2.05, 4.69) is 15.5 Å². The highest BCUT2D eigenvalue weighted by molar-refractivity contribution is 7.17. The number of benzene rings is 1. The van der Waals surface area contributed by atoms with Gasteiger partial charge in [-0.1, -0.05) is 16.4 Å². The van der Waals surface area contributed by atoms with Crippen molar-refractivity contribution in [3.63, 3.8) is 0 Å². The zero-order chi connectivity index (χ0) is 18.7. The average Bonchev–Trinajstić information content (AvgIpc) is 3.30. The minimum atomic E-state index is -0.578. The summed E-state index contributed by atoms with van der Waals surface area (Å²) in [4.78, 5) is 22.4. The Morgan fingerprint density at radius 1 is 1.19 bits per heavy atom. The van der Waals surface area contributed by atoms with E-state index in [0.29, 0.717) is 17.1 Å². The minimum absolute atomic E-state index is 0.129. The van der Waals surface area contributed by atoms with E-state index in [1.165, 1.54) is 26.4 Å². The second kappa shape index (κ2) is 7.19. The molecule has 0 aliphatic rings. The van der Waals surface area contributed by atoms with Crippen LogP contribution in [-0.4, -0.2) is 35.2 Å². The van der Waals surface area contributed by atoms with Gasteiger partial charge in [-0.15, -0.1) is 5.10 Å². The number of hydrogen-bond acceptors (Lipinski definition) is 9. The van der Waals surface area contributed by atoms with Crippen LogP contribution >= 0.6 is 11.3 Å². The van der Waals surface area contributed by atoms with Gasteiger partial charge < -0.3 is 13.9 Å². The van der Waals surface area contributed by atoms with Crippen molar-refractivity contribution < 1.29 is 23.6 Å². The Labute approximate surface area is 150 Å². The van der Waals surface area contributed by atoms with E-state index in [1.807, 2.05) is 0 Å². The highest BCUT2D eigenvalue weighted by Gasteiger charge is 2.18. The second-order valence-corrected chi connectivity index (χ2v) is 5.89. The minimum Gasteiger partial charge on any atom is -0.493 e. The lowest BCUT2D eigenvalue weighted by molar-refractivity contribution is -0.380. The van der Waals surface area contributed by atoms with Crippen LogP contribution in [0, 0.1) is 10.1 Å². The number of hydrogen-bond donors (Lipinski definition) is 1. The standard InChI is InChI=1S/C15H12N4O6S/c1-23-9-4-3-8(7-10(9)24-2)14-17-18-15(25-14)16-13(20)11-5-6-12(26-11)19(21)22/h3-7H,1-2H3,(H,16,18,20). The zero-order valence-electron chi connectivity index (χ0n) is 13.6. The van der Waals surface area contributed by atoms with Crippen molar-refractivity contribution in [3.8, 4) is 23.0 Å². The maximum Gasteiger partial charge on any atom is 0.324 e. The Hall–Kier alpha value is -3.47. The van der Waals surface area contributed by atoms with Crippen LogP contribution in [0.5, 0.6) is 11.5 Å². The van der Waals surface area contributed by atoms with E-state index in [9.17, 15) is 14.9 Å². The van der Waals surface area contributed by atoms with Crippen molar-refractivity contribution >= 4 is 28.3 Å². The van der Waals surface area contributed by atoms with Crippen LogP contribution in [0.15, 0.2) is 34.7 Å². The lowest BCUT2D eigenvalue weighted by Gasteiger charge is -2.07. The van der Waals surface area contributed by atoms with E-state index in [-0.39, 0.29) is 21.8 Å². The largest absolute Gasteiger partial charge is 0.493 e. The average molecular weight is 376 g/mol. The van der Waals surface area contributed by atoms with Crippen molar-refractivity contribution in [1.29, 1.82) is 0 Å². The molecule has 1 amide bonds. The number of carbonyl (C=O) groups excluding carboxylic acids is 1. The molecule has 1 aromatic carbocycles. The Balaban J connectivity index is 1.77. The number of nitrogens with one attached hydrogen (secondary N) is 1. The van der Waals surface area contributed by atoms with Crippen molar-refractivity contribution in [3.05, 3.63) is 45.3 Å². The van der Waals surface area contributed by atoms with Gasteiger partial charge in [-0.2, -0.15) is 0 Å². The van der Waals surface area contributed by atoms with Crippen molar-refractivity contribution in [1.82, 2.24) is 10.2 Å². The van der Waals surface area contributed by atoms with Crippen LogP contribution < -0.4 is 14.8 Å². The molecule has 1 N–H and O–H groups in total. The summed E-state index contributed by atoms with van der Waals surface area (Å²) in [6, 6.07) is 7.51. The van der Waals surface area contributed by atoms with Crippen molar-refractivity contribution in [2.24, 2.45) is 0 Å². The van der Waals surface area contributed by atoms with Gasteiger partial charge in [0.2, 0.25) is 5.89 Å². The number of carbonyl (C=O) groups is 1. The summed E-state index contributed by atoms with van der Waals surface area (Å²) in [6.45, 7) is 0. The SMILES string of the molecule is COc1ccc(-c2nnc(NC(=O)c3ccc([N+](=O)[O-])s3)o2)cc1OC. The fourth-order valence-corrected chi connectivity index (χ4v) is 2.78. The van der Waals surface area contributed by atoms with E-state index in [4.69, 9.17) is 13.9 Å². The number of ether oxygens (including phenoxy) is 2. The fraction of sp³-hybridized carbons (Fsp3) is 0.133. The Kier molecular flexibility index (Phi) is 4.80. The van der Waals surface area contributed by atoms with Gasteiger partial charge in [0.1, 0.15) is 0 Å². The van der Waals surface area contributed by atoms with Gasteiger partial charge >= 0.3 is 11.0 Å². The van der Waals surface area contributed by atoms with Gasteiger partial charge in [-0.3, -0.25) is 20.2 Å². The van der Waals surface area contributed by atoms with E-state index in [0.717, 1.165) is 11.3 Å². The molecular formula is C15H12N4O6S. The topological polar surface area (TPSA) is 130 Å². The molecule has 0 spiro atoms. The predicted octanol–water partition coefficient (Wildman–Crippen LogP) is 2.98. The molecular weight excluding hydrogens is 364 g/mol. The number of aromatic nitrogens is 2. The van der Waals surface area contributed by atoms with Crippen molar-refractivity contribution in [2.75, 3.05) is 19.5 Å². The summed E-state index contributed by atoms with van der Waals surface area (Å²) < 4.78 is 15.8. The lowest BCUT2D eigenvalue weighted by Crippen LogP contribution is -2.10. The zero-order valence-corrected chi connectivity index (χ0v) is 14.4. The second-order valence-electron chi connectivity index (χ2n) is 4.83. The predicted molar refractivity (Wildman–Crippen MR) is 91.8 cm³/mol. The van der Waals surface area contributed by atoms with Gasteiger partial charge in [-0.05, 0) is 24.3 Å². The molecule has 0 aliphatic carbocycles. The summed E-state index contributed by atoms with van der Waals surface area (Å²) in [7, 11) is 3.02. The molecule has 0 radical (unpaired) electrons. The molecule has 0 atom stereocenters. The van der Waals surface area contributed by atoms with Gasteiger partial charge in [0.25, 0.3) is 5.91 Å². The van der Waals surface area contributed by atoms with E-state index < -0.39 is 10.8 Å². The Bertz CT molecular complexity index is 967. The number of thiophene rings is 1. The normalized spacial score (nSPS) is 10.4. The summed E-state index contributed by atoms with van der Waals surface area (Å²) >= 11 is 0.749. The van der Waals surface area contributed by atoms with Crippen LogP contribution in [0.3, 0.4) is 0 Å². The van der Waals surface area contributed by atoms with E-state index in [1.54, 1.807) is 18.2 Å². The molecule has 0 aliphatic heterocycles. The molecule has 0 saturated heterocycles. The smallest absolute Gasteiger partial charge is 0.324 e. The monoisotopic (exact) mass is 376 g/mol. The summed E-state index contributed by atoms with van der Waals surface area (Å²) in [6.07, 6.45) is 0. The molecule has 3 aromatic rings. The first kappa shape index (κ1) is 17.4. The number of nitro groups is 1. The maximum atomic E-state index is 12.1. The first-order valence-electron chi connectivity index (χ1n) is 7.13. The highest BCUT2D eigenvalue weighted by Crippen LogP contribution is 2.32. The van der Waals surface area contributed by atoms with Gasteiger partial charge in [-0.25, -0.2) is 0 Å². The Morgan fingerprint density at radius 2 is 1.96 bits per heavy atom. The number of methoxy groups -OCH3 is 2. The van der Waals surface area contributed by atoms with Crippen LogP contribution in [0.4, 0.5) is 11.0 Å². The highest BCUT2D eigenvalue weighted by atomic mass is 32.1. The first-order valence-corrected chi connectivity index (χ1v) is 7.95. The first-order chi connectivity index (χ1) is 12.5. The lowest BCUT2D eigenvalue weighted by atomic mass is 10.2. The molecule has 0 fully saturated rings. The van der Waals surface area contributed by atoms with Gasteiger partial charge in [0.05, 0.1) is 24.0 Å². The third-order valence-corrected chi connectivity index (χ3v) is 4.31. The van der Waals surface area contributed by atoms with Crippen LogP contribution in [0.2, 0.25) is 0 Å². The van der Waals surface area contributed by atoms with Gasteiger partial charge in [0.15, 0.2) is 11.5 Å². The summed E-state index contributed by atoms with van der Waals surface area (Å²) in [5.41, 5.74) is 0.572. The van der Waals surface area contributed by atoms with Crippen LogP contribution in [0.25, 0.3) is 11.5 Å². The molecule has 11 heteroatoms. The molecule has 10 nitrogen and oxygen atoms in total. The van der Waals surface area contributed by atoms with Crippen LogP contribution in [-0.2, 0) is 0 Å². The molecule has 26 heavy (non-hydrogen) atoms. The Morgan fingerprint density at radius 3 is 2.62 bits per heavy atom. The third kappa shape index (κ3) is 3.47. The summed E-state index contributed by atoms with van der Waals surface area (Å²) in [5, 5.41) is 20.6. The third-order valence-electron chi connectivity index (χ3n) is 3.27. The van der Waals surface area contributed by atoms with Crippen molar-refractivity contribution in [2.45, 2.75) is 0 Å². The maximum absolute atomic E-state index is 12.1. The number of anilines is 1. The molecule has 2 aromatic heterocycles. The molecule has 134 valence electrons. The van der Waals surface area contributed by atoms with E-state index >= 15 is 0 Å². The molecule has 2 heterocycles. The quantitative estimate of drug-likeness (QED) is 0.513.